The van der Waals surface area contributed by atoms with Crippen LogP contribution in [-0.2, 0) is 13.0 Å². The summed E-state index contributed by atoms with van der Waals surface area (Å²) in [4.78, 5) is 15.7. The van der Waals surface area contributed by atoms with Gasteiger partial charge in [-0.25, -0.2) is 4.98 Å². The van der Waals surface area contributed by atoms with E-state index in [1.165, 1.54) is 43.4 Å². The molecule has 1 unspecified atom stereocenters. The van der Waals surface area contributed by atoms with Crippen LogP contribution in [0.25, 0.3) is 11.0 Å². The highest BCUT2D eigenvalue weighted by molar-refractivity contribution is 5.74. The lowest BCUT2D eigenvalue weighted by atomic mass is 9.90. The van der Waals surface area contributed by atoms with Gasteiger partial charge in [0.1, 0.15) is 5.82 Å². The SMILES string of the molecule is C.C.C.NCC1(CCN(Cc2nc3ccccc3[nH]2)C2CCCc3cccnc32)CC1. The molecule has 5 heteroatoms. The summed E-state index contributed by atoms with van der Waals surface area (Å²) in [6.45, 7) is 2.69. The Morgan fingerprint density at radius 3 is 2.65 bits per heavy atom. The number of H-pyrrole nitrogens is 1. The van der Waals surface area contributed by atoms with Crippen molar-refractivity contribution in [3.63, 3.8) is 0 Å². The van der Waals surface area contributed by atoms with E-state index in [0.29, 0.717) is 11.5 Å². The normalized spacial score (nSPS) is 18.5. The Kier molecular flexibility index (Phi) is 8.38. The van der Waals surface area contributed by atoms with Crippen molar-refractivity contribution >= 4 is 11.0 Å². The molecule has 1 saturated carbocycles. The maximum Gasteiger partial charge on any atom is 0.121 e. The number of nitrogens with zero attached hydrogens (tertiary/aromatic N) is 3. The molecule has 0 radical (unpaired) electrons. The number of benzene rings is 1. The molecule has 0 amide bonds. The van der Waals surface area contributed by atoms with Gasteiger partial charge in [0.15, 0.2) is 0 Å². The number of para-hydroxylation sites is 2. The Morgan fingerprint density at radius 1 is 1.10 bits per heavy atom. The van der Waals surface area contributed by atoms with Crippen molar-refractivity contribution < 1.29 is 0 Å². The maximum absolute atomic E-state index is 6.06. The number of hydrogen-bond acceptors (Lipinski definition) is 4. The molecule has 2 aliphatic carbocycles. The fraction of sp³-hybridized carbons (Fsp3) is 0.538. The number of imidazole rings is 1. The van der Waals surface area contributed by atoms with Crippen LogP contribution in [0.2, 0.25) is 0 Å². The minimum absolute atomic E-state index is 0. The predicted octanol–water partition coefficient (Wildman–Crippen LogP) is 5.87. The van der Waals surface area contributed by atoms with E-state index >= 15 is 0 Å². The lowest BCUT2D eigenvalue weighted by Crippen LogP contribution is -2.34. The van der Waals surface area contributed by atoms with Gasteiger partial charge in [0.2, 0.25) is 0 Å². The highest BCUT2D eigenvalue weighted by Crippen LogP contribution is 2.48. The highest BCUT2D eigenvalue weighted by Gasteiger charge is 2.41. The average molecular weight is 424 g/mol. The number of fused-ring (bicyclic) bond motifs is 2. The van der Waals surface area contributed by atoms with Gasteiger partial charge in [-0.1, -0.05) is 40.5 Å². The molecule has 5 nitrogen and oxygen atoms in total. The number of nitrogens with two attached hydrogens (primary N) is 1. The second-order valence-corrected chi connectivity index (χ2v) is 8.58. The quantitative estimate of drug-likeness (QED) is 0.498. The zero-order chi connectivity index (χ0) is 19.0. The van der Waals surface area contributed by atoms with Gasteiger partial charge in [-0.3, -0.25) is 9.88 Å². The smallest absolute Gasteiger partial charge is 0.121 e. The van der Waals surface area contributed by atoms with E-state index < -0.39 is 0 Å². The van der Waals surface area contributed by atoms with E-state index in [1.54, 1.807) is 0 Å². The van der Waals surface area contributed by atoms with Crippen LogP contribution in [0, 0.1) is 5.41 Å². The molecule has 3 N–H and O–H groups in total. The number of pyridine rings is 1. The minimum atomic E-state index is 0. The van der Waals surface area contributed by atoms with Crippen LogP contribution < -0.4 is 5.73 Å². The molecule has 5 rings (SSSR count). The van der Waals surface area contributed by atoms with Crippen molar-refractivity contribution in [3.05, 3.63) is 59.7 Å². The Labute approximate surface area is 188 Å². The lowest BCUT2D eigenvalue weighted by Gasteiger charge is -2.35. The third kappa shape index (κ3) is 5.16. The predicted molar refractivity (Wildman–Crippen MR) is 132 cm³/mol. The van der Waals surface area contributed by atoms with Crippen molar-refractivity contribution in [2.45, 2.75) is 73.4 Å². The first-order valence-corrected chi connectivity index (χ1v) is 10.6. The van der Waals surface area contributed by atoms with E-state index in [9.17, 15) is 0 Å². The molecule has 31 heavy (non-hydrogen) atoms. The van der Waals surface area contributed by atoms with Gasteiger partial charge in [0.25, 0.3) is 0 Å². The Morgan fingerprint density at radius 2 is 1.90 bits per heavy atom. The van der Waals surface area contributed by atoms with E-state index in [-0.39, 0.29) is 22.3 Å². The number of aromatic amines is 1. The maximum atomic E-state index is 6.06. The standard InChI is InChI=1S/C23H29N5.3CH4/c24-16-23(10-11-23)12-14-28(15-21-26-18-7-1-2-8-19(18)27-21)20-9-3-5-17-6-4-13-25-22(17)20;;;/h1-2,4,6-8,13,20H,3,5,9-12,14-16,24H2,(H,26,27);3*1H4. The molecule has 0 spiro atoms. The largest absolute Gasteiger partial charge is 0.341 e. The molecule has 1 fully saturated rings. The second-order valence-electron chi connectivity index (χ2n) is 8.58. The molecule has 0 saturated heterocycles. The van der Waals surface area contributed by atoms with Crippen molar-refractivity contribution in [2.24, 2.45) is 11.1 Å². The van der Waals surface area contributed by atoms with E-state index in [4.69, 9.17) is 15.7 Å². The van der Waals surface area contributed by atoms with Crippen LogP contribution in [0.3, 0.4) is 0 Å². The van der Waals surface area contributed by atoms with E-state index in [2.05, 4.69) is 40.2 Å². The molecular formula is C26H41N5. The monoisotopic (exact) mass is 423 g/mol. The van der Waals surface area contributed by atoms with Crippen LogP contribution in [-0.4, -0.2) is 32.9 Å². The van der Waals surface area contributed by atoms with Crippen molar-refractivity contribution in [1.29, 1.82) is 0 Å². The molecule has 0 bridgehead atoms. The van der Waals surface area contributed by atoms with Crippen LogP contribution in [0.5, 0.6) is 0 Å². The van der Waals surface area contributed by atoms with Crippen LogP contribution in [0.15, 0.2) is 42.6 Å². The Balaban J connectivity index is 0.00000114. The summed E-state index contributed by atoms with van der Waals surface area (Å²) in [7, 11) is 0. The number of nitrogens with one attached hydrogen (secondary N) is 1. The van der Waals surface area contributed by atoms with Gasteiger partial charge in [0, 0.05) is 6.20 Å². The summed E-state index contributed by atoms with van der Waals surface area (Å²) < 4.78 is 0. The number of rotatable bonds is 7. The first-order valence-electron chi connectivity index (χ1n) is 10.6. The third-order valence-corrected chi connectivity index (χ3v) is 6.72. The molecule has 3 aromatic rings. The van der Waals surface area contributed by atoms with Gasteiger partial charge >= 0.3 is 0 Å². The topological polar surface area (TPSA) is 70.8 Å². The third-order valence-electron chi connectivity index (χ3n) is 6.72. The zero-order valence-electron chi connectivity index (χ0n) is 16.4. The fourth-order valence-corrected chi connectivity index (χ4v) is 4.67. The summed E-state index contributed by atoms with van der Waals surface area (Å²) in [5, 5.41) is 0. The summed E-state index contributed by atoms with van der Waals surface area (Å²) in [5.41, 5.74) is 11.3. The van der Waals surface area contributed by atoms with Gasteiger partial charge < -0.3 is 10.7 Å². The molecule has 1 atom stereocenters. The van der Waals surface area contributed by atoms with Gasteiger partial charge in [0.05, 0.1) is 29.3 Å². The number of aryl methyl sites for hydroxylation is 1. The molecule has 2 aromatic heterocycles. The second kappa shape index (κ2) is 10.4. The summed E-state index contributed by atoms with van der Waals surface area (Å²) in [6, 6.07) is 13.0. The molecule has 1 aromatic carbocycles. The van der Waals surface area contributed by atoms with E-state index in [0.717, 1.165) is 42.9 Å². The fourth-order valence-electron chi connectivity index (χ4n) is 4.67. The van der Waals surface area contributed by atoms with Crippen molar-refractivity contribution in [3.8, 4) is 0 Å². The Bertz CT molecular complexity index is 926. The van der Waals surface area contributed by atoms with Gasteiger partial charge in [-0.05, 0) is 80.8 Å². The summed E-state index contributed by atoms with van der Waals surface area (Å²) >= 11 is 0. The minimum Gasteiger partial charge on any atom is -0.341 e. The van der Waals surface area contributed by atoms with E-state index in [1.807, 2.05) is 12.3 Å². The molecular weight excluding hydrogens is 382 g/mol. The number of aromatic nitrogens is 3. The molecule has 2 aliphatic rings. The summed E-state index contributed by atoms with van der Waals surface area (Å²) in [6.07, 6.45) is 9.21. The van der Waals surface area contributed by atoms with Crippen LogP contribution in [0.1, 0.15) is 77.5 Å². The van der Waals surface area contributed by atoms with Crippen LogP contribution in [0.4, 0.5) is 0 Å². The highest BCUT2D eigenvalue weighted by atomic mass is 15.2. The van der Waals surface area contributed by atoms with Crippen LogP contribution >= 0.6 is 0 Å². The lowest BCUT2D eigenvalue weighted by molar-refractivity contribution is 0.149. The number of hydrogen-bond donors (Lipinski definition) is 2. The average Bonchev–Trinajstić information content (AvgIpc) is 3.41. The van der Waals surface area contributed by atoms with Gasteiger partial charge in [-0.2, -0.15) is 0 Å². The molecule has 0 aliphatic heterocycles. The van der Waals surface area contributed by atoms with Crippen molar-refractivity contribution in [1.82, 2.24) is 19.9 Å². The zero-order valence-corrected chi connectivity index (χ0v) is 16.4. The summed E-state index contributed by atoms with van der Waals surface area (Å²) in [5.74, 6) is 1.04. The van der Waals surface area contributed by atoms with Crippen molar-refractivity contribution in [2.75, 3.05) is 13.1 Å². The molecule has 170 valence electrons. The Hall–Kier alpha value is -2.24. The molecule has 2 heterocycles. The van der Waals surface area contributed by atoms with Gasteiger partial charge in [-0.15, -0.1) is 0 Å². The first-order chi connectivity index (χ1) is 13.8. The first kappa shape index (κ1) is 25.0.